The molecule has 0 bridgehead atoms. The monoisotopic (exact) mass is 380 g/mol. The van der Waals surface area contributed by atoms with Crippen LogP contribution in [0.15, 0.2) is 41.2 Å². The molecule has 1 amide bonds. The molecule has 0 aliphatic carbocycles. The van der Waals surface area contributed by atoms with Crippen molar-refractivity contribution in [1.82, 2.24) is 4.98 Å². The highest BCUT2D eigenvalue weighted by Gasteiger charge is 2.10. The Kier molecular flexibility index (Phi) is 5.68. The standard InChI is InChI=1S/C22H24N2O4/c1-13-5-6-15-11-16(22(26)24-21(15)14(13)2)7-10-20(25)23-17-8-9-18(27-3)19(12-17)28-4/h5-6,8-9,11-12H,7,10H2,1-4H3,(H,23,25)(H,24,26). The molecule has 0 atom stereocenters. The largest absolute Gasteiger partial charge is 0.493 e. The van der Waals surface area contributed by atoms with Gasteiger partial charge >= 0.3 is 0 Å². The Balaban J connectivity index is 1.72. The average Bonchev–Trinajstić information content (AvgIpc) is 2.69. The Labute approximate surface area is 163 Å². The van der Waals surface area contributed by atoms with E-state index in [2.05, 4.69) is 10.3 Å². The fraction of sp³-hybridized carbons (Fsp3) is 0.273. The van der Waals surface area contributed by atoms with Crippen molar-refractivity contribution in [3.8, 4) is 11.5 Å². The van der Waals surface area contributed by atoms with E-state index in [0.29, 0.717) is 29.2 Å². The summed E-state index contributed by atoms with van der Waals surface area (Å²) in [4.78, 5) is 27.7. The number of carbonyl (C=O) groups excluding carboxylic acids is 1. The highest BCUT2D eigenvalue weighted by Crippen LogP contribution is 2.29. The number of anilines is 1. The third-order valence-electron chi connectivity index (χ3n) is 4.92. The van der Waals surface area contributed by atoms with Crippen molar-refractivity contribution >= 4 is 22.5 Å². The van der Waals surface area contributed by atoms with Crippen LogP contribution in [0.3, 0.4) is 0 Å². The Morgan fingerprint density at radius 1 is 1.04 bits per heavy atom. The van der Waals surface area contributed by atoms with Gasteiger partial charge in [-0.15, -0.1) is 0 Å². The van der Waals surface area contributed by atoms with E-state index in [1.165, 1.54) is 0 Å². The fourth-order valence-electron chi connectivity index (χ4n) is 3.14. The molecule has 2 N–H and O–H groups in total. The van der Waals surface area contributed by atoms with Gasteiger partial charge < -0.3 is 19.8 Å². The van der Waals surface area contributed by atoms with Gasteiger partial charge in [-0.3, -0.25) is 9.59 Å². The van der Waals surface area contributed by atoms with Gasteiger partial charge in [-0.05, 0) is 55.0 Å². The zero-order valence-corrected chi connectivity index (χ0v) is 16.5. The van der Waals surface area contributed by atoms with Crippen LogP contribution in [-0.4, -0.2) is 25.1 Å². The van der Waals surface area contributed by atoms with E-state index in [-0.39, 0.29) is 17.9 Å². The molecule has 28 heavy (non-hydrogen) atoms. The summed E-state index contributed by atoms with van der Waals surface area (Å²) in [7, 11) is 3.10. The second-order valence-electron chi connectivity index (χ2n) is 6.71. The number of aromatic nitrogens is 1. The summed E-state index contributed by atoms with van der Waals surface area (Å²) in [5.74, 6) is 0.956. The number of hydrogen-bond acceptors (Lipinski definition) is 4. The number of nitrogens with one attached hydrogen (secondary N) is 2. The molecule has 3 rings (SSSR count). The average molecular weight is 380 g/mol. The van der Waals surface area contributed by atoms with Gasteiger partial charge in [-0.25, -0.2) is 0 Å². The van der Waals surface area contributed by atoms with Crippen LogP contribution >= 0.6 is 0 Å². The molecule has 0 aliphatic rings. The van der Waals surface area contributed by atoms with Crippen molar-refractivity contribution in [2.45, 2.75) is 26.7 Å². The Hall–Kier alpha value is -3.28. The van der Waals surface area contributed by atoms with Gasteiger partial charge in [-0.1, -0.05) is 12.1 Å². The second kappa shape index (κ2) is 8.17. The SMILES string of the molecule is COc1ccc(NC(=O)CCc2cc3ccc(C)c(C)c3[nH]c2=O)cc1OC. The van der Waals surface area contributed by atoms with E-state index >= 15 is 0 Å². The summed E-state index contributed by atoms with van der Waals surface area (Å²) >= 11 is 0. The number of pyridine rings is 1. The number of amides is 1. The van der Waals surface area contributed by atoms with Crippen LogP contribution in [0.2, 0.25) is 0 Å². The molecule has 2 aromatic carbocycles. The number of benzene rings is 2. The van der Waals surface area contributed by atoms with Gasteiger partial charge in [0.15, 0.2) is 11.5 Å². The van der Waals surface area contributed by atoms with Crippen LogP contribution in [0.4, 0.5) is 5.69 Å². The van der Waals surface area contributed by atoms with Crippen molar-refractivity contribution < 1.29 is 14.3 Å². The topological polar surface area (TPSA) is 80.4 Å². The van der Waals surface area contributed by atoms with Gasteiger partial charge in [0.1, 0.15) is 0 Å². The highest BCUT2D eigenvalue weighted by molar-refractivity contribution is 5.91. The minimum atomic E-state index is -0.174. The molecule has 0 saturated heterocycles. The lowest BCUT2D eigenvalue weighted by molar-refractivity contribution is -0.116. The molecule has 0 unspecified atom stereocenters. The first kappa shape index (κ1) is 19.5. The molecular weight excluding hydrogens is 356 g/mol. The van der Waals surface area contributed by atoms with E-state index in [1.807, 2.05) is 32.0 Å². The summed E-state index contributed by atoms with van der Waals surface area (Å²) in [6.45, 7) is 4.00. The first-order valence-corrected chi connectivity index (χ1v) is 9.07. The molecule has 0 spiro atoms. The highest BCUT2D eigenvalue weighted by atomic mass is 16.5. The van der Waals surface area contributed by atoms with Crippen molar-refractivity contribution in [3.05, 3.63) is 63.4 Å². The van der Waals surface area contributed by atoms with Gasteiger partial charge in [0.05, 0.1) is 19.7 Å². The van der Waals surface area contributed by atoms with Gasteiger partial charge in [0, 0.05) is 23.7 Å². The number of rotatable bonds is 6. The van der Waals surface area contributed by atoms with Crippen LogP contribution in [0.1, 0.15) is 23.1 Å². The van der Waals surface area contributed by atoms with E-state index in [1.54, 1.807) is 32.4 Å². The molecule has 0 fully saturated rings. The number of ether oxygens (including phenoxy) is 2. The molecule has 6 heteroatoms. The van der Waals surface area contributed by atoms with Crippen LogP contribution in [0.5, 0.6) is 11.5 Å². The molecule has 1 heterocycles. The van der Waals surface area contributed by atoms with Crippen LogP contribution in [0, 0.1) is 13.8 Å². The lowest BCUT2D eigenvalue weighted by atomic mass is 10.0. The molecule has 1 aromatic heterocycles. The fourth-order valence-corrected chi connectivity index (χ4v) is 3.14. The Morgan fingerprint density at radius 2 is 1.79 bits per heavy atom. The molecule has 6 nitrogen and oxygen atoms in total. The number of methoxy groups -OCH3 is 2. The van der Waals surface area contributed by atoms with Gasteiger partial charge in [0.25, 0.3) is 5.56 Å². The van der Waals surface area contributed by atoms with E-state index in [0.717, 1.165) is 22.0 Å². The first-order chi connectivity index (χ1) is 13.4. The lowest BCUT2D eigenvalue weighted by Gasteiger charge is -2.11. The molecular formula is C22H24N2O4. The number of H-pyrrole nitrogens is 1. The lowest BCUT2D eigenvalue weighted by Crippen LogP contribution is -2.17. The molecule has 3 aromatic rings. The molecule has 0 aliphatic heterocycles. The summed E-state index contributed by atoms with van der Waals surface area (Å²) < 4.78 is 10.4. The second-order valence-corrected chi connectivity index (χ2v) is 6.71. The van der Waals surface area contributed by atoms with Crippen molar-refractivity contribution in [2.24, 2.45) is 0 Å². The Morgan fingerprint density at radius 3 is 2.50 bits per heavy atom. The Bertz CT molecular complexity index is 1090. The zero-order chi connectivity index (χ0) is 20.3. The number of carbonyl (C=O) groups is 1. The quantitative estimate of drug-likeness (QED) is 0.683. The maximum absolute atomic E-state index is 12.4. The third-order valence-corrected chi connectivity index (χ3v) is 4.92. The van der Waals surface area contributed by atoms with E-state index in [4.69, 9.17) is 9.47 Å². The van der Waals surface area contributed by atoms with Crippen LogP contribution in [-0.2, 0) is 11.2 Å². The first-order valence-electron chi connectivity index (χ1n) is 9.07. The predicted octanol–water partition coefficient (Wildman–Crippen LogP) is 3.73. The number of aromatic amines is 1. The van der Waals surface area contributed by atoms with Crippen LogP contribution < -0.4 is 20.3 Å². The molecule has 146 valence electrons. The number of aryl methyl sites for hydroxylation is 3. The van der Waals surface area contributed by atoms with Crippen molar-refractivity contribution in [1.29, 1.82) is 0 Å². The maximum atomic E-state index is 12.4. The van der Waals surface area contributed by atoms with Gasteiger partial charge in [0.2, 0.25) is 5.91 Å². The third kappa shape index (κ3) is 4.01. The smallest absolute Gasteiger partial charge is 0.251 e. The van der Waals surface area contributed by atoms with Gasteiger partial charge in [-0.2, -0.15) is 0 Å². The molecule has 0 saturated carbocycles. The predicted molar refractivity (Wildman–Crippen MR) is 111 cm³/mol. The summed E-state index contributed by atoms with van der Waals surface area (Å²) in [5.41, 5.74) is 4.10. The summed E-state index contributed by atoms with van der Waals surface area (Å²) in [6, 6.07) is 11.1. The number of fused-ring (bicyclic) bond motifs is 1. The number of hydrogen-bond donors (Lipinski definition) is 2. The molecule has 0 radical (unpaired) electrons. The zero-order valence-electron chi connectivity index (χ0n) is 16.5. The maximum Gasteiger partial charge on any atom is 0.251 e. The van der Waals surface area contributed by atoms with Crippen molar-refractivity contribution in [3.63, 3.8) is 0 Å². The normalized spacial score (nSPS) is 10.7. The summed E-state index contributed by atoms with van der Waals surface area (Å²) in [6.07, 6.45) is 0.561. The minimum absolute atomic E-state index is 0.153. The summed E-state index contributed by atoms with van der Waals surface area (Å²) in [5, 5.41) is 3.80. The van der Waals surface area contributed by atoms with Crippen molar-refractivity contribution in [2.75, 3.05) is 19.5 Å². The minimum Gasteiger partial charge on any atom is -0.493 e. The van der Waals surface area contributed by atoms with E-state index in [9.17, 15) is 9.59 Å². The van der Waals surface area contributed by atoms with Crippen LogP contribution in [0.25, 0.3) is 10.9 Å². The van der Waals surface area contributed by atoms with E-state index < -0.39 is 0 Å².